The average Bonchev–Trinajstić information content (AvgIpc) is 2.40. The van der Waals surface area contributed by atoms with E-state index in [-0.39, 0.29) is 5.91 Å². The first-order chi connectivity index (χ1) is 8.74. The van der Waals surface area contributed by atoms with Crippen LogP contribution in [0.5, 0.6) is 0 Å². The first kappa shape index (κ1) is 13.8. The van der Waals surface area contributed by atoms with Crippen molar-refractivity contribution in [3.05, 3.63) is 0 Å². The molecule has 0 aromatic heterocycles. The largest absolute Gasteiger partial charge is 0.382 e. The van der Waals surface area contributed by atoms with E-state index in [1.54, 1.807) is 0 Å². The van der Waals surface area contributed by atoms with Crippen LogP contribution in [-0.2, 0) is 9.53 Å². The van der Waals surface area contributed by atoms with Crippen molar-refractivity contribution >= 4 is 5.91 Å². The molecule has 5 heteroatoms. The number of quaternary nitrogens is 1. The molecule has 0 unspecified atom stereocenters. The molecule has 3 rings (SSSR count). The smallest absolute Gasteiger partial charge is 0.275 e. The number of amides is 1. The molecule has 1 amide bonds. The van der Waals surface area contributed by atoms with Crippen LogP contribution in [0.25, 0.3) is 0 Å². The van der Waals surface area contributed by atoms with E-state index in [0.717, 1.165) is 69.9 Å². The van der Waals surface area contributed by atoms with Crippen LogP contribution in [0.4, 0.5) is 0 Å². The monoisotopic (exact) mass is 256 g/mol. The minimum atomic E-state index is 0.210. The van der Waals surface area contributed by atoms with Gasteiger partial charge in [-0.15, -0.1) is 0 Å². The second-order valence-electron chi connectivity index (χ2n) is 5.41. The minimum absolute atomic E-state index is 0.210. The molecule has 5 nitrogen and oxygen atoms in total. The van der Waals surface area contributed by atoms with Crippen molar-refractivity contribution in [3.8, 4) is 0 Å². The van der Waals surface area contributed by atoms with Crippen molar-refractivity contribution in [2.45, 2.75) is 13.3 Å². The molecule has 0 spiro atoms. The summed E-state index contributed by atoms with van der Waals surface area (Å²) in [5.74, 6) is 0.210. The van der Waals surface area contributed by atoms with Crippen LogP contribution in [0, 0.1) is 0 Å². The molecule has 0 atom stereocenters. The Bertz CT molecular complexity index is 262. The number of hydrogen-bond donors (Lipinski definition) is 1. The van der Waals surface area contributed by atoms with Gasteiger partial charge in [-0.1, -0.05) is 0 Å². The van der Waals surface area contributed by atoms with E-state index in [2.05, 4.69) is 10.2 Å². The van der Waals surface area contributed by atoms with Gasteiger partial charge in [-0.2, -0.15) is 0 Å². The molecule has 3 saturated heterocycles. The molecule has 3 aliphatic rings. The summed E-state index contributed by atoms with van der Waals surface area (Å²) in [6.07, 6.45) is 0.910. The molecule has 3 aliphatic heterocycles. The van der Waals surface area contributed by atoms with Gasteiger partial charge < -0.3 is 14.5 Å². The highest BCUT2D eigenvalue weighted by Crippen LogP contribution is 2.18. The van der Waals surface area contributed by atoms with E-state index < -0.39 is 0 Å². The van der Waals surface area contributed by atoms with Gasteiger partial charge in [0, 0.05) is 39.4 Å². The number of nitrogens with one attached hydrogen (secondary N) is 1. The zero-order valence-corrected chi connectivity index (χ0v) is 11.5. The van der Waals surface area contributed by atoms with Crippen molar-refractivity contribution in [2.75, 3.05) is 65.6 Å². The van der Waals surface area contributed by atoms with E-state index >= 15 is 0 Å². The lowest BCUT2D eigenvalue weighted by Crippen LogP contribution is -2.69. The van der Waals surface area contributed by atoms with Crippen molar-refractivity contribution in [2.24, 2.45) is 0 Å². The van der Waals surface area contributed by atoms with Gasteiger partial charge in [-0.3, -0.25) is 9.69 Å². The average molecular weight is 256 g/mol. The molecule has 0 aromatic carbocycles. The van der Waals surface area contributed by atoms with Gasteiger partial charge in [0.1, 0.15) is 0 Å². The second kappa shape index (κ2) is 6.50. The van der Waals surface area contributed by atoms with Crippen LogP contribution in [0.3, 0.4) is 0 Å². The SMILES string of the molecule is CCOCCCNC(=O)C[N+]12CCN(CC1)CC2. The maximum absolute atomic E-state index is 11.9. The summed E-state index contributed by atoms with van der Waals surface area (Å²) < 4.78 is 6.26. The summed E-state index contributed by atoms with van der Waals surface area (Å²) in [4.78, 5) is 14.4. The molecule has 3 heterocycles. The number of rotatable bonds is 7. The van der Waals surface area contributed by atoms with Crippen molar-refractivity contribution < 1.29 is 14.0 Å². The second-order valence-corrected chi connectivity index (χ2v) is 5.41. The van der Waals surface area contributed by atoms with Crippen molar-refractivity contribution in [3.63, 3.8) is 0 Å². The van der Waals surface area contributed by atoms with Crippen LogP contribution < -0.4 is 5.32 Å². The normalized spacial score (nSPS) is 30.4. The molecule has 1 N–H and O–H groups in total. The molecule has 104 valence electrons. The number of fused-ring (bicyclic) bond motifs is 3. The summed E-state index contributed by atoms with van der Waals surface area (Å²) in [6.45, 7) is 11.8. The van der Waals surface area contributed by atoms with Gasteiger partial charge in [-0.25, -0.2) is 0 Å². The summed E-state index contributed by atoms with van der Waals surface area (Å²) >= 11 is 0. The van der Waals surface area contributed by atoms with Gasteiger partial charge in [0.2, 0.25) is 0 Å². The fourth-order valence-corrected chi connectivity index (χ4v) is 2.88. The summed E-state index contributed by atoms with van der Waals surface area (Å²) in [7, 11) is 0. The summed E-state index contributed by atoms with van der Waals surface area (Å²) in [5, 5.41) is 3.02. The van der Waals surface area contributed by atoms with Crippen LogP contribution >= 0.6 is 0 Å². The predicted octanol–water partition coefficient (Wildman–Crippen LogP) is -0.325. The molecule has 2 bridgehead atoms. The molecular formula is C13H26N3O2+. The molecular weight excluding hydrogens is 230 g/mol. The topological polar surface area (TPSA) is 41.6 Å². The molecule has 0 saturated carbocycles. The Balaban J connectivity index is 1.64. The van der Waals surface area contributed by atoms with Crippen molar-refractivity contribution in [1.82, 2.24) is 10.2 Å². The summed E-state index contributed by atoms with van der Waals surface area (Å²) in [6, 6.07) is 0. The van der Waals surface area contributed by atoms with Crippen LogP contribution in [0.2, 0.25) is 0 Å². The lowest BCUT2D eigenvalue weighted by atomic mass is 10.1. The van der Waals surface area contributed by atoms with Gasteiger partial charge >= 0.3 is 0 Å². The summed E-state index contributed by atoms with van der Waals surface area (Å²) in [5.41, 5.74) is 0. The van der Waals surface area contributed by atoms with Gasteiger partial charge in [0.05, 0.1) is 19.6 Å². The Hall–Kier alpha value is -0.650. The predicted molar refractivity (Wildman–Crippen MR) is 70.3 cm³/mol. The number of carbonyl (C=O) groups excluding carboxylic acids is 1. The van der Waals surface area contributed by atoms with Crippen LogP contribution in [0.1, 0.15) is 13.3 Å². The van der Waals surface area contributed by atoms with Gasteiger partial charge in [0.25, 0.3) is 5.91 Å². The zero-order valence-electron chi connectivity index (χ0n) is 11.5. The maximum atomic E-state index is 11.9. The lowest BCUT2D eigenvalue weighted by Gasteiger charge is -2.50. The number of carbonyl (C=O) groups is 1. The van der Waals surface area contributed by atoms with Gasteiger partial charge in [-0.05, 0) is 13.3 Å². The highest BCUT2D eigenvalue weighted by atomic mass is 16.5. The molecule has 3 fully saturated rings. The Labute approximate surface area is 110 Å². The standard InChI is InChI=1S/C13H25N3O2/c1-2-18-11-3-4-14-13(17)12-16-8-5-15(6-9-16)7-10-16/h2-12H2,1H3/p+1. The van der Waals surface area contributed by atoms with E-state index in [9.17, 15) is 4.79 Å². The van der Waals surface area contributed by atoms with Gasteiger partial charge in [0.15, 0.2) is 6.54 Å². The van der Waals surface area contributed by atoms with E-state index in [1.807, 2.05) is 6.92 Å². The fraction of sp³-hybridized carbons (Fsp3) is 0.923. The minimum Gasteiger partial charge on any atom is -0.382 e. The lowest BCUT2D eigenvalue weighted by molar-refractivity contribution is -0.933. The fourth-order valence-electron chi connectivity index (χ4n) is 2.88. The Kier molecular flexibility index (Phi) is 4.97. The quantitative estimate of drug-likeness (QED) is 0.501. The third kappa shape index (κ3) is 3.67. The van der Waals surface area contributed by atoms with E-state index in [4.69, 9.17) is 4.74 Å². The first-order valence-electron chi connectivity index (χ1n) is 7.16. The van der Waals surface area contributed by atoms with Crippen molar-refractivity contribution in [1.29, 1.82) is 0 Å². The zero-order chi connectivity index (χ0) is 12.8. The maximum Gasteiger partial charge on any atom is 0.275 e. The molecule has 0 aromatic rings. The molecule has 18 heavy (non-hydrogen) atoms. The number of hydrogen-bond acceptors (Lipinski definition) is 3. The third-order valence-electron chi connectivity index (χ3n) is 4.14. The Morgan fingerprint density at radius 2 is 1.94 bits per heavy atom. The Morgan fingerprint density at radius 1 is 1.28 bits per heavy atom. The van der Waals surface area contributed by atoms with Crippen LogP contribution in [0.15, 0.2) is 0 Å². The first-order valence-corrected chi connectivity index (χ1v) is 7.16. The van der Waals surface area contributed by atoms with Crippen LogP contribution in [-0.4, -0.2) is 80.9 Å². The number of piperazine rings is 3. The highest BCUT2D eigenvalue weighted by molar-refractivity contribution is 5.77. The molecule has 0 radical (unpaired) electrons. The number of nitrogens with zero attached hydrogens (tertiary/aromatic N) is 2. The highest BCUT2D eigenvalue weighted by Gasteiger charge is 2.39. The Morgan fingerprint density at radius 3 is 2.56 bits per heavy atom. The van der Waals surface area contributed by atoms with E-state index in [1.165, 1.54) is 0 Å². The van der Waals surface area contributed by atoms with E-state index in [0.29, 0.717) is 6.54 Å². The molecule has 0 aliphatic carbocycles. The number of ether oxygens (including phenoxy) is 1. The third-order valence-corrected chi connectivity index (χ3v) is 4.14.